The van der Waals surface area contributed by atoms with Gasteiger partial charge in [-0.15, -0.1) is 0 Å². The van der Waals surface area contributed by atoms with Gasteiger partial charge >= 0.3 is 6.09 Å². The Hall–Kier alpha value is -1.58. The summed E-state index contributed by atoms with van der Waals surface area (Å²) in [5.74, 6) is 0.352. The van der Waals surface area contributed by atoms with Crippen LogP contribution in [0.2, 0.25) is 0 Å². The number of nitrogens with zero attached hydrogens (tertiary/aromatic N) is 2. The average molecular weight is 206 g/mol. The Morgan fingerprint density at radius 1 is 1.60 bits per heavy atom. The molecule has 1 saturated heterocycles. The molecule has 1 aromatic rings. The molecule has 2 rings (SSSR count). The first-order valence-electron chi connectivity index (χ1n) is 5.05. The standard InChI is InChI=1S/C11H14N2O2/c1-15-11(14)13-7-5-9(8-13)10-4-2-3-6-12-10/h2-4,6,9H,5,7-8H2,1H3. The quantitative estimate of drug-likeness (QED) is 0.701. The Morgan fingerprint density at radius 3 is 3.13 bits per heavy atom. The molecule has 4 nitrogen and oxygen atoms in total. The molecule has 0 radical (unpaired) electrons. The molecule has 1 atom stereocenters. The second-order valence-corrected chi connectivity index (χ2v) is 3.66. The van der Waals surface area contributed by atoms with E-state index in [4.69, 9.17) is 0 Å². The Morgan fingerprint density at radius 2 is 2.47 bits per heavy atom. The molecule has 1 aliphatic rings. The molecule has 1 aromatic heterocycles. The fourth-order valence-electron chi connectivity index (χ4n) is 1.91. The van der Waals surface area contributed by atoms with E-state index >= 15 is 0 Å². The van der Waals surface area contributed by atoms with Crippen LogP contribution in [0.4, 0.5) is 4.79 Å². The van der Waals surface area contributed by atoms with Gasteiger partial charge < -0.3 is 9.64 Å². The van der Waals surface area contributed by atoms with E-state index < -0.39 is 0 Å². The molecule has 0 spiro atoms. The lowest BCUT2D eigenvalue weighted by atomic mass is 10.0. The maximum absolute atomic E-state index is 11.3. The zero-order chi connectivity index (χ0) is 10.7. The van der Waals surface area contributed by atoms with E-state index in [1.165, 1.54) is 7.11 Å². The zero-order valence-corrected chi connectivity index (χ0v) is 8.72. The van der Waals surface area contributed by atoms with Crippen LogP contribution in [0.5, 0.6) is 0 Å². The molecule has 0 N–H and O–H groups in total. The maximum atomic E-state index is 11.3. The normalized spacial score (nSPS) is 20.3. The molecule has 1 unspecified atom stereocenters. The summed E-state index contributed by atoms with van der Waals surface area (Å²) in [6.45, 7) is 1.47. The third kappa shape index (κ3) is 2.09. The third-order valence-electron chi connectivity index (χ3n) is 2.73. The Bertz CT molecular complexity index is 340. The van der Waals surface area contributed by atoms with Crippen molar-refractivity contribution >= 4 is 6.09 Å². The predicted octanol–water partition coefficient (Wildman–Crippen LogP) is 1.64. The lowest BCUT2D eigenvalue weighted by Crippen LogP contribution is -2.28. The number of amides is 1. The van der Waals surface area contributed by atoms with E-state index in [-0.39, 0.29) is 6.09 Å². The van der Waals surface area contributed by atoms with Gasteiger partial charge in [-0.2, -0.15) is 0 Å². The van der Waals surface area contributed by atoms with Crippen molar-refractivity contribution < 1.29 is 9.53 Å². The van der Waals surface area contributed by atoms with Crippen molar-refractivity contribution in [1.82, 2.24) is 9.88 Å². The molecule has 1 aliphatic heterocycles. The minimum Gasteiger partial charge on any atom is -0.453 e. The van der Waals surface area contributed by atoms with Gasteiger partial charge in [0.2, 0.25) is 0 Å². The summed E-state index contributed by atoms with van der Waals surface area (Å²) in [4.78, 5) is 17.3. The summed E-state index contributed by atoms with van der Waals surface area (Å²) in [6, 6.07) is 5.88. The van der Waals surface area contributed by atoms with E-state index in [9.17, 15) is 4.79 Å². The highest BCUT2D eigenvalue weighted by molar-refractivity contribution is 5.67. The van der Waals surface area contributed by atoms with Gasteiger partial charge in [-0.25, -0.2) is 4.79 Å². The van der Waals surface area contributed by atoms with Crippen LogP contribution in [-0.2, 0) is 4.74 Å². The summed E-state index contributed by atoms with van der Waals surface area (Å²) in [7, 11) is 1.41. The Labute approximate surface area is 88.9 Å². The van der Waals surface area contributed by atoms with Gasteiger partial charge in [-0.1, -0.05) is 6.07 Å². The molecule has 0 aliphatic carbocycles. The first kappa shape index (κ1) is 9.96. The van der Waals surface area contributed by atoms with Gasteiger partial charge in [0.25, 0.3) is 0 Å². The lowest BCUT2D eigenvalue weighted by Gasteiger charge is -2.14. The predicted molar refractivity (Wildman–Crippen MR) is 55.6 cm³/mol. The molecule has 1 amide bonds. The molecule has 0 saturated carbocycles. The van der Waals surface area contributed by atoms with Gasteiger partial charge in [0, 0.05) is 30.9 Å². The summed E-state index contributed by atoms with van der Waals surface area (Å²) in [6.07, 6.45) is 2.51. The number of carbonyl (C=O) groups excluding carboxylic acids is 1. The number of hydrogen-bond acceptors (Lipinski definition) is 3. The fraction of sp³-hybridized carbons (Fsp3) is 0.455. The van der Waals surface area contributed by atoms with Crippen molar-refractivity contribution in [2.24, 2.45) is 0 Å². The molecule has 4 heteroatoms. The van der Waals surface area contributed by atoms with Crippen LogP contribution < -0.4 is 0 Å². The topological polar surface area (TPSA) is 42.4 Å². The van der Waals surface area contributed by atoms with Crippen molar-refractivity contribution in [3.8, 4) is 0 Å². The minimum atomic E-state index is -0.242. The first-order chi connectivity index (χ1) is 7.31. The highest BCUT2D eigenvalue weighted by atomic mass is 16.5. The highest BCUT2D eigenvalue weighted by Crippen LogP contribution is 2.25. The van der Waals surface area contributed by atoms with E-state index in [1.807, 2.05) is 18.2 Å². The van der Waals surface area contributed by atoms with Crippen LogP contribution in [0.1, 0.15) is 18.0 Å². The van der Waals surface area contributed by atoms with Gasteiger partial charge in [-0.3, -0.25) is 4.98 Å². The lowest BCUT2D eigenvalue weighted by molar-refractivity contribution is 0.132. The van der Waals surface area contributed by atoms with E-state index in [0.29, 0.717) is 12.5 Å². The summed E-state index contributed by atoms with van der Waals surface area (Å²) in [5.41, 5.74) is 1.06. The van der Waals surface area contributed by atoms with Gasteiger partial charge in [0.1, 0.15) is 0 Å². The van der Waals surface area contributed by atoms with Crippen molar-refractivity contribution in [1.29, 1.82) is 0 Å². The second kappa shape index (κ2) is 4.29. The number of methoxy groups -OCH3 is 1. The van der Waals surface area contributed by atoms with Crippen molar-refractivity contribution in [2.45, 2.75) is 12.3 Å². The number of likely N-dealkylation sites (tertiary alicyclic amines) is 1. The maximum Gasteiger partial charge on any atom is 0.409 e. The molecular weight excluding hydrogens is 192 g/mol. The summed E-state index contributed by atoms with van der Waals surface area (Å²) in [5, 5.41) is 0. The molecule has 80 valence electrons. The smallest absolute Gasteiger partial charge is 0.409 e. The minimum absolute atomic E-state index is 0.242. The third-order valence-corrected chi connectivity index (χ3v) is 2.73. The van der Waals surface area contributed by atoms with Crippen molar-refractivity contribution in [2.75, 3.05) is 20.2 Å². The van der Waals surface area contributed by atoms with E-state index in [0.717, 1.165) is 18.7 Å². The van der Waals surface area contributed by atoms with Crippen LogP contribution in [0.15, 0.2) is 24.4 Å². The van der Waals surface area contributed by atoms with E-state index in [1.54, 1.807) is 11.1 Å². The molecule has 2 heterocycles. The number of rotatable bonds is 1. The Balaban J connectivity index is 2.02. The van der Waals surface area contributed by atoms with Crippen LogP contribution in [-0.4, -0.2) is 36.2 Å². The van der Waals surface area contributed by atoms with Crippen LogP contribution in [0, 0.1) is 0 Å². The van der Waals surface area contributed by atoms with Crippen LogP contribution in [0.3, 0.4) is 0 Å². The van der Waals surface area contributed by atoms with Crippen molar-refractivity contribution in [3.05, 3.63) is 30.1 Å². The number of pyridine rings is 1. The molecule has 0 aromatic carbocycles. The van der Waals surface area contributed by atoms with Gasteiger partial charge in [0.15, 0.2) is 0 Å². The average Bonchev–Trinajstić information content (AvgIpc) is 2.78. The second-order valence-electron chi connectivity index (χ2n) is 3.66. The largest absolute Gasteiger partial charge is 0.453 e. The molecular formula is C11H14N2O2. The molecule has 15 heavy (non-hydrogen) atoms. The number of ether oxygens (including phenoxy) is 1. The van der Waals surface area contributed by atoms with Gasteiger partial charge in [0.05, 0.1) is 7.11 Å². The van der Waals surface area contributed by atoms with Crippen molar-refractivity contribution in [3.63, 3.8) is 0 Å². The van der Waals surface area contributed by atoms with Crippen LogP contribution in [0.25, 0.3) is 0 Å². The summed E-state index contributed by atoms with van der Waals surface area (Å²) >= 11 is 0. The highest BCUT2D eigenvalue weighted by Gasteiger charge is 2.28. The number of carbonyl (C=O) groups is 1. The molecule has 0 bridgehead atoms. The SMILES string of the molecule is COC(=O)N1CCC(c2ccccn2)C1. The Kier molecular flexibility index (Phi) is 2.85. The first-order valence-corrected chi connectivity index (χ1v) is 5.05. The monoisotopic (exact) mass is 206 g/mol. The summed E-state index contributed by atoms with van der Waals surface area (Å²) < 4.78 is 4.68. The zero-order valence-electron chi connectivity index (χ0n) is 8.72. The van der Waals surface area contributed by atoms with Crippen LogP contribution >= 0.6 is 0 Å². The van der Waals surface area contributed by atoms with E-state index in [2.05, 4.69) is 9.72 Å². The fourth-order valence-corrected chi connectivity index (χ4v) is 1.91. The van der Waals surface area contributed by atoms with Gasteiger partial charge in [-0.05, 0) is 18.6 Å². The number of hydrogen-bond donors (Lipinski definition) is 0. The number of aromatic nitrogens is 1. The molecule has 1 fully saturated rings.